The molecule has 0 radical (unpaired) electrons. The summed E-state index contributed by atoms with van der Waals surface area (Å²) in [4.78, 5) is 3.52. The Hall–Kier alpha value is -1.28. The van der Waals surface area contributed by atoms with Crippen molar-refractivity contribution in [2.45, 2.75) is 45.1 Å². The summed E-state index contributed by atoms with van der Waals surface area (Å²) in [7, 11) is 0. The molecule has 0 bridgehead atoms. The van der Waals surface area contributed by atoms with E-state index < -0.39 is 0 Å². The van der Waals surface area contributed by atoms with Crippen LogP contribution in [0.25, 0.3) is 10.9 Å². The maximum Gasteiger partial charge on any atom is 0.0461 e. The van der Waals surface area contributed by atoms with Crippen LogP contribution in [-0.2, 0) is 6.42 Å². The van der Waals surface area contributed by atoms with Crippen molar-refractivity contribution < 1.29 is 0 Å². The first-order valence-electron chi connectivity index (χ1n) is 6.43. The maximum atomic E-state index is 6.13. The van der Waals surface area contributed by atoms with Gasteiger partial charge in [0.2, 0.25) is 0 Å². The summed E-state index contributed by atoms with van der Waals surface area (Å²) < 4.78 is 0. The van der Waals surface area contributed by atoms with E-state index in [4.69, 9.17) is 5.73 Å². The van der Waals surface area contributed by atoms with Crippen LogP contribution >= 0.6 is 0 Å². The monoisotopic (exact) mass is 228 g/mol. The van der Waals surface area contributed by atoms with Gasteiger partial charge in [0, 0.05) is 22.1 Å². The summed E-state index contributed by atoms with van der Waals surface area (Å²) in [5.74, 6) is 0. The van der Waals surface area contributed by atoms with Crippen LogP contribution < -0.4 is 5.73 Å². The van der Waals surface area contributed by atoms with E-state index in [1.165, 1.54) is 40.6 Å². The lowest BCUT2D eigenvalue weighted by atomic mass is 10.1. The molecule has 1 aliphatic rings. The van der Waals surface area contributed by atoms with Gasteiger partial charge >= 0.3 is 0 Å². The van der Waals surface area contributed by atoms with Crippen molar-refractivity contribution in [1.82, 2.24) is 4.98 Å². The van der Waals surface area contributed by atoms with Crippen LogP contribution in [0.4, 0.5) is 0 Å². The number of hydrogen-bond donors (Lipinski definition) is 2. The number of nitrogens with one attached hydrogen (secondary N) is 1. The zero-order valence-electron chi connectivity index (χ0n) is 10.6. The molecule has 0 atom stereocenters. The average molecular weight is 228 g/mol. The Morgan fingerprint density at radius 3 is 2.71 bits per heavy atom. The standard InChI is InChI=1S/C15H20N2/c1-10-7-11(2)13-9-12(17-14(13)8-10)3-4-15(16)5-6-15/h7-9,17H,3-6,16H2,1-2H3. The molecule has 0 amide bonds. The second kappa shape index (κ2) is 3.61. The first-order valence-corrected chi connectivity index (χ1v) is 6.43. The van der Waals surface area contributed by atoms with Gasteiger partial charge in [-0.15, -0.1) is 0 Å². The van der Waals surface area contributed by atoms with Gasteiger partial charge in [0.15, 0.2) is 0 Å². The Morgan fingerprint density at radius 1 is 1.24 bits per heavy atom. The second-order valence-electron chi connectivity index (χ2n) is 5.70. The molecule has 2 aromatic rings. The third-order valence-electron chi connectivity index (χ3n) is 3.93. The summed E-state index contributed by atoms with van der Waals surface area (Å²) in [6, 6.07) is 6.75. The molecule has 0 saturated heterocycles. The van der Waals surface area contributed by atoms with Gasteiger partial charge in [-0.25, -0.2) is 0 Å². The molecule has 0 aliphatic heterocycles. The van der Waals surface area contributed by atoms with E-state index in [0.29, 0.717) is 0 Å². The summed E-state index contributed by atoms with van der Waals surface area (Å²) in [5, 5.41) is 1.35. The summed E-state index contributed by atoms with van der Waals surface area (Å²) in [6.07, 6.45) is 4.58. The Morgan fingerprint density at radius 2 is 2.00 bits per heavy atom. The Bertz CT molecular complexity index is 562. The molecule has 2 nitrogen and oxygen atoms in total. The van der Waals surface area contributed by atoms with Crippen molar-refractivity contribution in [2.75, 3.05) is 0 Å². The molecular formula is C15H20N2. The fraction of sp³-hybridized carbons (Fsp3) is 0.467. The molecule has 1 aromatic carbocycles. The maximum absolute atomic E-state index is 6.13. The molecule has 3 rings (SSSR count). The molecule has 0 unspecified atom stereocenters. The van der Waals surface area contributed by atoms with Crippen LogP contribution in [0.5, 0.6) is 0 Å². The normalized spacial score (nSPS) is 17.6. The number of hydrogen-bond acceptors (Lipinski definition) is 1. The van der Waals surface area contributed by atoms with E-state index in [1.807, 2.05) is 0 Å². The van der Waals surface area contributed by atoms with E-state index in [2.05, 4.69) is 37.0 Å². The van der Waals surface area contributed by atoms with Crippen LogP contribution in [0.15, 0.2) is 18.2 Å². The van der Waals surface area contributed by atoms with Crippen molar-refractivity contribution in [3.05, 3.63) is 35.0 Å². The Labute approximate surface area is 102 Å². The molecule has 2 heteroatoms. The zero-order chi connectivity index (χ0) is 12.0. The van der Waals surface area contributed by atoms with Crippen molar-refractivity contribution in [1.29, 1.82) is 0 Å². The molecule has 1 aliphatic carbocycles. The number of benzene rings is 1. The molecular weight excluding hydrogens is 208 g/mol. The van der Waals surface area contributed by atoms with Gasteiger partial charge in [-0.1, -0.05) is 6.07 Å². The predicted octanol–water partition coefficient (Wildman–Crippen LogP) is 3.21. The van der Waals surface area contributed by atoms with Gasteiger partial charge in [-0.2, -0.15) is 0 Å². The fourth-order valence-corrected chi connectivity index (χ4v) is 2.59. The third kappa shape index (κ3) is 2.09. The molecule has 1 saturated carbocycles. The molecule has 3 N–H and O–H groups in total. The molecule has 1 aromatic heterocycles. The Kier molecular flexibility index (Phi) is 2.30. The van der Waals surface area contributed by atoms with Gasteiger partial charge in [-0.05, 0) is 62.8 Å². The minimum atomic E-state index is 0.155. The Balaban J connectivity index is 1.88. The van der Waals surface area contributed by atoms with E-state index in [-0.39, 0.29) is 5.54 Å². The number of aromatic nitrogens is 1. The van der Waals surface area contributed by atoms with Gasteiger partial charge in [0.05, 0.1) is 0 Å². The zero-order valence-corrected chi connectivity index (χ0v) is 10.6. The molecule has 17 heavy (non-hydrogen) atoms. The van der Waals surface area contributed by atoms with E-state index in [9.17, 15) is 0 Å². The van der Waals surface area contributed by atoms with Crippen molar-refractivity contribution in [2.24, 2.45) is 5.73 Å². The van der Waals surface area contributed by atoms with Crippen LogP contribution in [0, 0.1) is 13.8 Å². The highest BCUT2D eigenvalue weighted by atomic mass is 14.8. The lowest BCUT2D eigenvalue weighted by molar-refractivity contribution is 0.605. The first-order chi connectivity index (χ1) is 8.06. The second-order valence-corrected chi connectivity index (χ2v) is 5.70. The summed E-state index contributed by atoms with van der Waals surface area (Å²) in [6.45, 7) is 4.32. The average Bonchev–Trinajstić information content (AvgIpc) is 2.85. The van der Waals surface area contributed by atoms with Crippen LogP contribution in [-0.4, -0.2) is 10.5 Å². The molecule has 1 heterocycles. The molecule has 0 spiro atoms. The minimum Gasteiger partial charge on any atom is -0.358 e. The number of rotatable bonds is 3. The summed E-state index contributed by atoms with van der Waals surface area (Å²) >= 11 is 0. The van der Waals surface area contributed by atoms with E-state index >= 15 is 0 Å². The topological polar surface area (TPSA) is 41.8 Å². The highest BCUT2D eigenvalue weighted by molar-refractivity contribution is 5.84. The van der Waals surface area contributed by atoms with Crippen molar-refractivity contribution in [3.63, 3.8) is 0 Å². The minimum absolute atomic E-state index is 0.155. The van der Waals surface area contributed by atoms with Gasteiger partial charge in [0.25, 0.3) is 0 Å². The van der Waals surface area contributed by atoms with Gasteiger partial charge in [0.1, 0.15) is 0 Å². The number of H-pyrrole nitrogens is 1. The van der Waals surface area contributed by atoms with E-state index in [1.54, 1.807) is 0 Å². The van der Waals surface area contributed by atoms with E-state index in [0.717, 1.165) is 12.8 Å². The quantitative estimate of drug-likeness (QED) is 0.832. The van der Waals surface area contributed by atoms with Crippen LogP contribution in [0.2, 0.25) is 0 Å². The summed E-state index contributed by atoms with van der Waals surface area (Å²) in [5.41, 5.74) is 11.5. The first kappa shape index (κ1) is 10.8. The van der Waals surface area contributed by atoms with Gasteiger partial charge in [-0.3, -0.25) is 0 Å². The van der Waals surface area contributed by atoms with Crippen molar-refractivity contribution >= 4 is 10.9 Å². The lowest BCUT2D eigenvalue weighted by Crippen LogP contribution is -2.22. The third-order valence-corrected chi connectivity index (χ3v) is 3.93. The van der Waals surface area contributed by atoms with Crippen LogP contribution in [0.3, 0.4) is 0 Å². The molecule has 1 fully saturated rings. The highest BCUT2D eigenvalue weighted by Gasteiger charge is 2.37. The smallest absolute Gasteiger partial charge is 0.0461 e. The fourth-order valence-electron chi connectivity index (χ4n) is 2.59. The predicted molar refractivity (Wildman–Crippen MR) is 72.2 cm³/mol. The SMILES string of the molecule is Cc1cc(C)c2cc(CCC3(N)CC3)[nH]c2c1. The number of aromatic amines is 1. The lowest BCUT2D eigenvalue weighted by Gasteiger charge is -2.05. The number of aryl methyl sites for hydroxylation is 3. The van der Waals surface area contributed by atoms with Crippen molar-refractivity contribution in [3.8, 4) is 0 Å². The number of fused-ring (bicyclic) bond motifs is 1. The largest absolute Gasteiger partial charge is 0.358 e. The van der Waals surface area contributed by atoms with Gasteiger partial charge < -0.3 is 10.7 Å². The van der Waals surface area contributed by atoms with Crippen LogP contribution in [0.1, 0.15) is 36.1 Å². The highest BCUT2D eigenvalue weighted by Crippen LogP contribution is 2.36. The molecule has 90 valence electrons. The number of nitrogens with two attached hydrogens (primary N) is 1.